The van der Waals surface area contributed by atoms with Gasteiger partial charge < -0.3 is 5.32 Å². The number of rotatable bonds is 2. The highest BCUT2D eigenvalue weighted by atomic mass is 19.1. The van der Waals surface area contributed by atoms with Gasteiger partial charge in [-0.05, 0) is 26.0 Å². The second-order valence-electron chi connectivity index (χ2n) is 4.48. The van der Waals surface area contributed by atoms with Crippen molar-refractivity contribution < 1.29 is 9.18 Å². The molecule has 0 radical (unpaired) electrons. The predicted octanol–water partition coefficient (Wildman–Crippen LogP) is 1.93. The van der Waals surface area contributed by atoms with Crippen molar-refractivity contribution in [3.05, 3.63) is 35.1 Å². The van der Waals surface area contributed by atoms with E-state index in [4.69, 9.17) is 0 Å². The smallest absolute Gasteiger partial charge is 0.174 e. The average Bonchev–Trinajstić information content (AvgIpc) is 2.17. The van der Waals surface area contributed by atoms with Crippen LogP contribution in [0.25, 0.3) is 0 Å². The molecule has 1 saturated heterocycles. The van der Waals surface area contributed by atoms with E-state index in [1.165, 1.54) is 6.07 Å². The number of hydrogen-bond donors (Lipinski definition) is 1. The van der Waals surface area contributed by atoms with Crippen LogP contribution in [-0.4, -0.2) is 18.9 Å². The van der Waals surface area contributed by atoms with Gasteiger partial charge in [0.2, 0.25) is 0 Å². The van der Waals surface area contributed by atoms with Gasteiger partial charge in [0, 0.05) is 13.1 Å². The Bertz CT molecular complexity index is 410. The Morgan fingerprint density at radius 3 is 2.67 bits per heavy atom. The Morgan fingerprint density at radius 2 is 2.13 bits per heavy atom. The van der Waals surface area contributed by atoms with Crippen LogP contribution in [0.5, 0.6) is 0 Å². The Hall–Kier alpha value is -1.22. The lowest BCUT2D eigenvalue weighted by atomic mass is 9.77. The molecule has 0 saturated carbocycles. The van der Waals surface area contributed by atoms with Crippen LogP contribution < -0.4 is 5.32 Å². The van der Waals surface area contributed by atoms with E-state index in [9.17, 15) is 9.18 Å². The van der Waals surface area contributed by atoms with E-state index < -0.39 is 11.2 Å². The molecule has 1 aromatic rings. The summed E-state index contributed by atoms with van der Waals surface area (Å²) in [5.74, 6) is -0.513. The van der Waals surface area contributed by atoms with Crippen LogP contribution in [-0.2, 0) is 0 Å². The van der Waals surface area contributed by atoms with E-state index in [1.807, 2.05) is 13.8 Å². The number of nitrogens with one attached hydrogen (secondary N) is 1. The summed E-state index contributed by atoms with van der Waals surface area (Å²) in [5, 5.41) is 3.04. The molecule has 3 heteroatoms. The summed E-state index contributed by atoms with van der Waals surface area (Å²) >= 11 is 0. The van der Waals surface area contributed by atoms with Gasteiger partial charge in [-0.25, -0.2) is 4.39 Å². The molecule has 15 heavy (non-hydrogen) atoms. The minimum atomic E-state index is -0.422. The van der Waals surface area contributed by atoms with Gasteiger partial charge in [0.25, 0.3) is 0 Å². The molecule has 0 unspecified atom stereocenters. The fourth-order valence-corrected chi connectivity index (χ4v) is 1.80. The van der Waals surface area contributed by atoms with Gasteiger partial charge >= 0.3 is 0 Å². The van der Waals surface area contributed by atoms with Crippen molar-refractivity contribution >= 4 is 5.78 Å². The molecule has 2 rings (SSSR count). The molecule has 0 aromatic heterocycles. The van der Waals surface area contributed by atoms with Crippen molar-refractivity contribution in [3.8, 4) is 0 Å². The zero-order chi connectivity index (χ0) is 11.1. The van der Waals surface area contributed by atoms with Crippen LogP contribution >= 0.6 is 0 Å². The summed E-state index contributed by atoms with van der Waals surface area (Å²) in [5.41, 5.74) is 0.712. The maximum absolute atomic E-state index is 13.5. The van der Waals surface area contributed by atoms with Crippen molar-refractivity contribution in [2.75, 3.05) is 13.1 Å². The summed E-state index contributed by atoms with van der Waals surface area (Å²) < 4.78 is 13.5. The predicted molar refractivity (Wildman–Crippen MR) is 56.4 cm³/mol. The van der Waals surface area contributed by atoms with E-state index in [0.29, 0.717) is 13.1 Å². The van der Waals surface area contributed by atoms with E-state index >= 15 is 0 Å². The van der Waals surface area contributed by atoms with Crippen LogP contribution in [0.1, 0.15) is 22.8 Å². The molecular weight excluding hydrogens is 193 g/mol. The van der Waals surface area contributed by atoms with Gasteiger partial charge in [-0.2, -0.15) is 0 Å². The van der Waals surface area contributed by atoms with E-state index in [1.54, 1.807) is 12.1 Å². The minimum absolute atomic E-state index is 0.0950. The zero-order valence-corrected chi connectivity index (χ0v) is 8.93. The third kappa shape index (κ3) is 1.67. The Labute approximate surface area is 88.5 Å². The molecule has 0 aliphatic carbocycles. The number of Topliss-reactive ketones (excluding diaryl/α,β-unsaturated/α-hetero) is 1. The molecule has 80 valence electrons. The van der Waals surface area contributed by atoms with Crippen molar-refractivity contribution in [1.82, 2.24) is 5.32 Å². The number of hydrogen-bond acceptors (Lipinski definition) is 2. The normalized spacial score (nSPS) is 18.3. The second-order valence-corrected chi connectivity index (χ2v) is 4.48. The molecule has 0 spiro atoms. The highest BCUT2D eigenvalue weighted by Crippen LogP contribution is 2.28. The third-order valence-electron chi connectivity index (χ3n) is 2.94. The Kier molecular flexibility index (Phi) is 2.35. The number of ketones is 1. The number of halogens is 1. The summed E-state index contributed by atoms with van der Waals surface area (Å²) in [6.45, 7) is 5.00. The van der Waals surface area contributed by atoms with E-state index in [0.717, 1.165) is 5.56 Å². The highest BCUT2D eigenvalue weighted by molar-refractivity contribution is 6.01. The third-order valence-corrected chi connectivity index (χ3v) is 2.94. The summed E-state index contributed by atoms with van der Waals surface area (Å²) in [6, 6.07) is 4.66. The fraction of sp³-hybridized carbons (Fsp3) is 0.417. The second kappa shape index (κ2) is 3.42. The first-order valence-corrected chi connectivity index (χ1v) is 5.05. The van der Waals surface area contributed by atoms with Crippen LogP contribution in [0.4, 0.5) is 4.39 Å². The Balaban J connectivity index is 2.36. The van der Waals surface area contributed by atoms with Crippen LogP contribution in [0, 0.1) is 18.2 Å². The molecule has 0 bridgehead atoms. The molecule has 2 nitrogen and oxygen atoms in total. The highest BCUT2D eigenvalue weighted by Gasteiger charge is 2.40. The van der Waals surface area contributed by atoms with Crippen molar-refractivity contribution in [1.29, 1.82) is 0 Å². The molecular formula is C12H14FNO. The van der Waals surface area contributed by atoms with E-state index in [-0.39, 0.29) is 11.3 Å². The summed E-state index contributed by atoms with van der Waals surface area (Å²) in [7, 11) is 0. The van der Waals surface area contributed by atoms with Gasteiger partial charge in [-0.15, -0.1) is 0 Å². The first-order valence-electron chi connectivity index (χ1n) is 5.05. The topological polar surface area (TPSA) is 29.1 Å². The molecule has 1 fully saturated rings. The standard InChI is InChI=1S/C12H14FNO/c1-8-3-4-10(13)9(5-8)11(15)12(2)6-14-7-12/h3-5,14H,6-7H2,1-2H3. The summed E-state index contributed by atoms with van der Waals surface area (Å²) in [6.07, 6.45) is 0. The lowest BCUT2D eigenvalue weighted by Crippen LogP contribution is -2.56. The lowest BCUT2D eigenvalue weighted by molar-refractivity contribution is 0.0717. The molecule has 1 heterocycles. The molecule has 1 aromatic carbocycles. The van der Waals surface area contributed by atoms with Crippen LogP contribution in [0.2, 0.25) is 0 Å². The maximum Gasteiger partial charge on any atom is 0.174 e. The molecule has 1 aliphatic heterocycles. The van der Waals surface area contributed by atoms with Gasteiger partial charge in [-0.1, -0.05) is 11.6 Å². The molecule has 1 N–H and O–H groups in total. The molecule has 0 amide bonds. The van der Waals surface area contributed by atoms with Gasteiger partial charge in [-0.3, -0.25) is 4.79 Å². The minimum Gasteiger partial charge on any atom is -0.315 e. The van der Waals surface area contributed by atoms with Gasteiger partial charge in [0.15, 0.2) is 5.78 Å². The number of benzene rings is 1. The van der Waals surface area contributed by atoms with Crippen molar-refractivity contribution in [2.24, 2.45) is 5.41 Å². The van der Waals surface area contributed by atoms with E-state index in [2.05, 4.69) is 5.32 Å². The van der Waals surface area contributed by atoms with Crippen molar-refractivity contribution in [3.63, 3.8) is 0 Å². The number of carbonyl (C=O) groups is 1. The largest absolute Gasteiger partial charge is 0.315 e. The number of aryl methyl sites for hydroxylation is 1. The molecule has 1 aliphatic rings. The first kappa shape index (κ1) is 10.3. The quantitative estimate of drug-likeness (QED) is 0.751. The Morgan fingerprint density at radius 1 is 1.47 bits per heavy atom. The van der Waals surface area contributed by atoms with Gasteiger partial charge in [0.1, 0.15) is 5.82 Å². The average molecular weight is 207 g/mol. The number of carbonyl (C=O) groups excluding carboxylic acids is 1. The van der Waals surface area contributed by atoms with Crippen LogP contribution in [0.15, 0.2) is 18.2 Å². The van der Waals surface area contributed by atoms with Crippen LogP contribution in [0.3, 0.4) is 0 Å². The van der Waals surface area contributed by atoms with Crippen molar-refractivity contribution in [2.45, 2.75) is 13.8 Å². The SMILES string of the molecule is Cc1ccc(F)c(C(=O)C2(C)CNC2)c1. The first-order chi connectivity index (χ1) is 7.03. The lowest BCUT2D eigenvalue weighted by Gasteiger charge is -2.37. The van der Waals surface area contributed by atoms with Gasteiger partial charge in [0.05, 0.1) is 11.0 Å². The monoisotopic (exact) mass is 207 g/mol. The molecule has 0 atom stereocenters. The maximum atomic E-state index is 13.5. The zero-order valence-electron chi connectivity index (χ0n) is 8.93. The summed E-state index contributed by atoms with van der Waals surface area (Å²) in [4.78, 5) is 12.0. The fourth-order valence-electron chi connectivity index (χ4n) is 1.80.